The predicted molar refractivity (Wildman–Crippen MR) is 98.6 cm³/mol. The van der Waals surface area contributed by atoms with E-state index in [1.54, 1.807) is 0 Å². The Hall–Kier alpha value is -0.780. The quantitative estimate of drug-likeness (QED) is 0.482. The van der Waals surface area contributed by atoms with Gasteiger partial charge in [0.2, 0.25) is 0 Å². The second kappa shape index (κ2) is 7.20. The molecule has 2 nitrogen and oxygen atoms in total. The molecule has 0 amide bonds. The smallest absolute Gasteiger partial charge is 0.148 e. The van der Waals surface area contributed by atoms with E-state index in [1.165, 1.54) is 0 Å². The van der Waals surface area contributed by atoms with Crippen molar-refractivity contribution in [1.29, 1.82) is 0 Å². The van der Waals surface area contributed by atoms with Crippen molar-refractivity contribution in [3.8, 4) is 11.5 Å². The molecule has 0 saturated heterocycles. The lowest BCUT2D eigenvalue weighted by atomic mass is 10.2. The maximum absolute atomic E-state index is 6.08. The molecule has 2 aromatic rings. The van der Waals surface area contributed by atoms with Crippen LogP contribution in [0.2, 0.25) is 0 Å². The van der Waals surface area contributed by atoms with E-state index in [-0.39, 0.29) is 12.2 Å². The van der Waals surface area contributed by atoms with Crippen LogP contribution in [0.3, 0.4) is 0 Å². The van der Waals surface area contributed by atoms with Crippen molar-refractivity contribution in [2.75, 3.05) is 0 Å². The first-order valence-electron chi connectivity index (χ1n) is 6.83. The number of rotatable bonds is 4. The van der Waals surface area contributed by atoms with Gasteiger partial charge in [0.25, 0.3) is 0 Å². The third-order valence-corrected chi connectivity index (χ3v) is 4.90. The summed E-state index contributed by atoms with van der Waals surface area (Å²) in [4.78, 5) is 0. The van der Waals surface area contributed by atoms with Crippen molar-refractivity contribution in [1.82, 2.24) is 0 Å². The number of benzene rings is 2. The van der Waals surface area contributed by atoms with Gasteiger partial charge >= 0.3 is 0 Å². The van der Waals surface area contributed by atoms with E-state index in [4.69, 9.17) is 9.47 Å². The van der Waals surface area contributed by atoms with Gasteiger partial charge in [-0.3, -0.25) is 0 Å². The Balaban J connectivity index is 1.64. The summed E-state index contributed by atoms with van der Waals surface area (Å²) < 4.78 is 14.8. The molecule has 0 N–H and O–H groups in total. The fourth-order valence-electron chi connectivity index (χ4n) is 2.28. The molecule has 0 fully saturated rings. The van der Waals surface area contributed by atoms with Crippen molar-refractivity contribution < 1.29 is 9.47 Å². The maximum Gasteiger partial charge on any atom is 0.148 e. The zero-order valence-electron chi connectivity index (χ0n) is 11.5. The molecule has 3 rings (SSSR count). The molecule has 0 aromatic heterocycles. The van der Waals surface area contributed by atoms with Crippen LogP contribution in [0.15, 0.2) is 68.0 Å². The molecule has 0 aliphatic heterocycles. The largest absolute Gasteiger partial charge is 0.486 e. The molecule has 0 spiro atoms. The Morgan fingerprint density at radius 2 is 1.41 bits per heavy atom. The van der Waals surface area contributed by atoms with Gasteiger partial charge in [0.1, 0.15) is 23.7 Å². The lowest BCUT2D eigenvalue weighted by molar-refractivity contribution is 0.179. The summed E-state index contributed by atoms with van der Waals surface area (Å²) in [7, 11) is 0. The van der Waals surface area contributed by atoms with Crippen molar-refractivity contribution >= 4 is 47.8 Å². The van der Waals surface area contributed by atoms with E-state index in [2.05, 4.69) is 59.9 Å². The van der Waals surface area contributed by atoms with E-state index < -0.39 is 0 Å². The Bertz CT molecular complexity index is 663. The fourth-order valence-corrected chi connectivity index (χ4v) is 4.72. The summed E-state index contributed by atoms with van der Waals surface area (Å²) in [6, 6.07) is 13.8. The van der Waals surface area contributed by atoms with Gasteiger partial charge in [-0.2, -0.15) is 0 Å². The normalized spacial score (nSPS) is 20.1. The molecule has 5 heteroatoms. The Morgan fingerprint density at radius 1 is 0.818 bits per heavy atom. The van der Waals surface area contributed by atoms with Crippen LogP contribution in [0.5, 0.6) is 11.5 Å². The predicted octanol–water partition coefficient (Wildman–Crippen LogP) is 6.13. The summed E-state index contributed by atoms with van der Waals surface area (Å²) in [5.41, 5.74) is 0. The average Bonchev–Trinajstić information content (AvgIpc) is 2.91. The molecular weight excluding hydrogens is 476 g/mol. The number of ether oxygens (including phenoxy) is 2. The number of hydrogen-bond donors (Lipinski definition) is 0. The van der Waals surface area contributed by atoms with E-state index in [0.29, 0.717) is 0 Å². The molecule has 0 heterocycles. The van der Waals surface area contributed by atoms with Gasteiger partial charge in [-0.15, -0.1) is 0 Å². The molecule has 0 saturated carbocycles. The monoisotopic (exact) mass is 486 g/mol. The van der Waals surface area contributed by atoms with Crippen LogP contribution in [0.25, 0.3) is 0 Å². The highest BCUT2D eigenvalue weighted by Crippen LogP contribution is 2.38. The second-order valence-electron chi connectivity index (χ2n) is 4.94. The van der Waals surface area contributed by atoms with Crippen molar-refractivity contribution in [3.05, 3.63) is 68.0 Å². The Morgan fingerprint density at radius 3 is 2.05 bits per heavy atom. The van der Waals surface area contributed by atoms with E-state index in [9.17, 15) is 0 Å². The summed E-state index contributed by atoms with van der Waals surface area (Å²) in [5, 5.41) is 0. The van der Waals surface area contributed by atoms with Crippen LogP contribution in [0, 0.1) is 0 Å². The van der Waals surface area contributed by atoms with Gasteiger partial charge in [-0.05, 0) is 68.3 Å². The summed E-state index contributed by atoms with van der Waals surface area (Å²) in [6.07, 6.45) is 4.94. The van der Waals surface area contributed by atoms with Gasteiger partial charge in [0, 0.05) is 10.9 Å². The van der Waals surface area contributed by atoms with E-state index in [1.807, 2.05) is 42.5 Å². The number of halogens is 3. The Kier molecular flexibility index (Phi) is 5.26. The van der Waals surface area contributed by atoms with Gasteiger partial charge in [-0.25, -0.2) is 0 Å². The van der Waals surface area contributed by atoms with E-state index >= 15 is 0 Å². The SMILES string of the molecule is Brc1cc(Br)c(OC2C=CC(Oc3ccccc3)C2)c(Br)c1. The van der Waals surface area contributed by atoms with Crippen LogP contribution in [0.4, 0.5) is 0 Å². The topological polar surface area (TPSA) is 18.5 Å². The molecule has 2 unspecified atom stereocenters. The van der Waals surface area contributed by atoms with Gasteiger partial charge in [-0.1, -0.05) is 34.1 Å². The van der Waals surface area contributed by atoms with Crippen molar-refractivity contribution in [2.45, 2.75) is 18.6 Å². The highest BCUT2D eigenvalue weighted by atomic mass is 79.9. The first kappa shape index (κ1) is 16.1. The number of para-hydroxylation sites is 1. The van der Waals surface area contributed by atoms with Crippen LogP contribution in [-0.2, 0) is 0 Å². The standard InChI is InChI=1S/C17H13Br3O2/c18-11-8-15(19)17(16(20)9-11)22-14-7-6-13(10-14)21-12-4-2-1-3-5-12/h1-9,13-14H,10H2. The van der Waals surface area contributed by atoms with Crippen molar-refractivity contribution in [2.24, 2.45) is 0 Å². The third kappa shape index (κ3) is 3.94. The third-order valence-electron chi connectivity index (χ3n) is 3.27. The summed E-state index contributed by atoms with van der Waals surface area (Å²) >= 11 is 10.5. The minimum atomic E-state index is 0.00230. The zero-order chi connectivity index (χ0) is 15.5. The molecule has 114 valence electrons. The molecule has 1 aliphatic carbocycles. The maximum atomic E-state index is 6.08. The van der Waals surface area contributed by atoms with Crippen LogP contribution in [-0.4, -0.2) is 12.2 Å². The zero-order valence-corrected chi connectivity index (χ0v) is 16.3. The minimum absolute atomic E-state index is 0.00230. The lowest BCUT2D eigenvalue weighted by Gasteiger charge is -2.18. The molecule has 2 aromatic carbocycles. The van der Waals surface area contributed by atoms with Gasteiger partial charge in [0.05, 0.1) is 8.95 Å². The van der Waals surface area contributed by atoms with Gasteiger partial charge in [0.15, 0.2) is 0 Å². The molecular formula is C17H13Br3O2. The van der Waals surface area contributed by atoms with Gasteiger partial charge < -0.3 is 9.47 Å². The summed E-state index contributed by atoms with van der Waals surface area (Å²) in [6.45, 7) is 0. The first-order valence-corrected chi connectivity index (χ1v) is 9.21. The van der Waals surface area contributed by atoms with Crippen LogP contribution >= 0.6 is 47.8 Å². The summed E-state index contributed by atoms with van der Waals surface area (Å²) in [5.74, 6) is 1.68. The second-order valence-corrected chi connectivity index (χ2v) is 7.57. The molecule has 22 heavy (non-hydrogen) atoms. The Labute approximate surface area is 154 Å². The number of hydrogen-bond acceptors (Lipinski definition) is 2. The molecule has 0 bridgehead atoms. The highest BCUT2D eigenvalue weighted by Gasteiger charge is 2.23. The van der Waals surface area contributed by atoms with E-state index in [0.717, 1.165) is 31.3 Å². The van der Waals surface area contributed by atoms with Crippen molar-refractivity contribution in [3.63, 3.8) is 0 Å². The molecule has 0 radical (unpaired) electrons. The fraction of sp³-hybridized carbons (Fsp3) is 0.176. The molecule has 2 atom stereocenters. The first-order chi connectivity index (χ1) is 10.6. The van der Waals surface area contributed by atoms with Crippen LogP contribution in [0.1, 0.15) is 6.42 Å². The lowest BCUT2D eigenvalue weighted by Crippen LogP contribution is -2.18. The molecule has 1 aliphatic rings. The highest BCUT2D eigenvalue weighted by molar-refractivity contribution is 9.11. The average molecular weight is 489 g/mol. The van der Waals surface area contributed by atoms with Crippen LogP contribution < -0.4 is 9.47 Å². The minimum Gasteiger partial charge on any atom is -0.486 e.